The van der Waals surface area contributed by atoms with Crippen LogP contribution in [0.2, 0.25) is 0 Å². The summed E-state index contributed by atoms with van der Waals surface area (Å²) in [7, 11) is 0. The van der Waals surface area contributed by atoms with Crippen molar-refractivity contribution in [3.8, 4) is 22.3 Å². The zero-order valence-electron chi connectivity index (χ0n) is 20.9. The molecule has 38 heavy (non-hydrogen) atoms. The summed E-state index contributed by atoms with van der Waals surface area (Å²) >= 11 is 0. The molecule has 0 saturated heterocycles. The van der Waals surface area contributed by atoms with Crippen molar-refractivity contribution in [1.29, 1.82) is 0 Å². The van der Waals surface area contributed by atoms with E-state index in [1.165, 1.54) is 76.1 Å². The average Bonchev–Trinajstić information content (AvgIpc) is 2.99. The van der Waals surface area contributed by atoms with Crippen molar-refractivity contribution in [1.82, 2.24) is 0 Å². The molecule has 0 heteroatoms. The third-order valence-corrected chi connectivity index (χ3v) is 8.01. The Labute approximate surface area is 221 Å². The van der Waals surface area contributed by atoms with Gasteiger partial charge in [-0.05, 0) is 88.2 Å². The van der Waals surface area contributed by atoms with Gasteiger partial charge in [0.25, 0.3) is 0 Å². The molecule has 0 aliphatic heterocycles. The molecular formula is C38H24. The molecule has 0 aliphatic carbocycles. The summed E-state index contributed by atoms with van der Waals surface area (Å²) in [5.41, 5.74) is 5.15. The van der Waals surface area contributed by atoms with E-state index < -0.39 is 0 Å². The van der Waals surface area contributed by atoms with E-state index in [1.54, 1.807) is 0 Å². The molecule has 0 atom stereocenters. The van der Waals surface area contributed by atoms with Crippen molar-refractivity contribution in [3.05, 3.63) is 146 Å². The Morgan fingerprint density at radius 2 is 0.737 bits per heavy atom. The highest BCUT2D eigenvalue weighted by atomic mass is 14.2. The van der Waals surface area contributed by atoms with Crippen molar-refractivity contribution in [2.45, 2.75) is 0 Å². The third kappa shape index (κ3) is 3.11. The van der Waals surface area contributed by atoms with Crippen LogP contribution in [-0.2, 0) is 0 Å². The molecule has 8 rings (SSSR count). The van der Waals surface area contributed by atoms with Crippen LogP contribution in [0.4, 0.5) is 0 Å². The highest BCUT2D eigenvalue weighted by Crippen LogP contribution is 2.46. The van der Waals surface area contributed by atoms with Crippen molar-refractivity contribution in [2.24, 2.45) is 0 Å². The van der Waals surface area contributed by atoms with Gasteiger partial charge in [-0.15, -0.1) is 0 Å². The fraction of sp³-hybridized carbons (Fsp3) is 0. The second kappa shape index (κ2) is 8.30. The Bertz CT molecular complexity index is 2130. The van der Waals surface area contributed by atoms with Crippen LogP contribution in [0.1, 0.15) is 0 Å². The quantitative estimate of drug-likeness (QED) is 0.170. The molecule has 0 saturated carbocycles. The molecule has 8 aromatic rings. The SMILES string of the molecule is c1ccc2cc(-c3c4ccccc4c(-c4cc5ccccc5c5ccccc45)c4ccccc34)ccc2c1. The first-order valence-electron chi connectivity index (χ1n) is 13.2. The van der Waals surface area contributed by atoms with Crippen LogP contribution < -0.4 is 0 Å². The van der Waals surface area contributed by atoms with E-state index in [4.69, 9.17) is 0 Å². The van der Waals surface area contributed by atoms with Gasteiger partial charge in [0, 0.05) is 0 Å². The van der Waals surface area contributed by atoms with E-state index in [9.17, 15) is 0 Å². The van der Waals surface area contributed by atoms with Gasteiger partial charge < -0.3 is 0 Å². The summed E-state index contributed by atoms with van der Waals surface area (Å²) in [5.74, 6) is 0. The monoisotopic (exact) mass is 480 g/mol. The number of hydrogen-bond acceptors (Lipinski definition) is 0. The maximum Gasteiger partial charge on any atom is -0.00199 e. The Morgan fingerprint density at radius 1 is 0.263 bits per heavy atom. The number of fused-ring (bicyclic) bond motifs is 6. The summed E-state index contributed by atoms with van der Waals surface area (Å²) in [5, 5.41) is 12.8. The third-order valence-electron chi connectivity index (χ3n) is 8.01. The zero-order valence-corrected chi connectivity index (χ0v) is 20.9. The van der Waals surface area contributed by atoms with Gasteiger partial charge in [-0.3, -0.25) is 0 Å². The Kier molecular flexibility index (Phi) is 4.62. The highest BCUT2D eigenvalue weighted by Gasteiger charge is 2.18. The molecule has 0 amide bonds. The van der Waals surface area contributed by atoms with E-state index in [1.807, 2.05) is 0 Å². The first kappa shape index (κ1) is 21.2. The lowest BCUT2D eigenvalue weighted by Crippen LogP contribution is -1.92. The molecule has 8 aromatic carbocycles. The number of rotatable bonds is 2. The van der Waals surface area contributed by atoms with Crippen molar-refractivity contribution < 1.29 is 0 Å². The maximum atomic E-state index is 2.39. The lowest BCUT2D eigenvalue weighted by molar-refractivity contribution is 1.69. The average molecular weight is 481 g/mol. The van der Waals surface area contributed by atoms with Crippen molar-refractivity contribution >= 4 is 53.9 Å². The molecule has 0 radical (unpaired) electrons. The minimum absolute atomic E-state index is 1.26. The van der Waals surface area contributed by atoms with E-state index in [2.05, 4.69) is 146 Å². The van der Waals surface area contributed by atoms with Gasteiger partial charge >= 0.3 is 0 Å². The number of hydrogen-bond donors (Lipinski definition) is 0. The predicted molar refractivity (Wildman–Crippen MR) is 165 cm³/mol. The van der Waals surface area contributed by atoms with Crippen molar-refractivity contribution in [2.75, 3.05) is 0 Å². The van der Waals surface area contributed by atoms with Gasteiger partial charge in [-0.2, -0.15) is 0 Å². The van der Waals surface area contributed by atoms with E-state index in [-0.39, 0.29) is 0 Å². The lowest BCUT2D eigenvalue weighted by atomic mass is 9.83. The van der Waals surface area contributed by atoms with Crippen LogP contribution >= 0.6 is 0 Å². The predicted octanol–water partition coefficient (Wildman–Crippen LogP) is 10.8. The Balaban J connectivity index is 1.55. The topological polar surface area (TPSA) is 0 Å². The largest absolute Gasteiger partial charge is 0.0616 e. The normalized spacial score (nSPS) is 11.7. The minimum Gasteiger partial charge on any atom is -0.0616 e. The van der Waals surface area contributed by atoms with E-state index >= 15 is 0 Å². The van der Waals surface area contributed by atoms with Crippen LogP contribution in [0.15, 0.2) is 146 Å². The van der Waals surface area contributed by atoms with Gasteiger partial charge in [0.05, 0.1) is 0 Å². The molecule has 0 nitrogen and oxygen atoms in total. The summed E-state index contributed by atoms with van der Waals surface area (Å²) in [6, 6.07) is 53.3. The highest BCUT2D eigenvalue weighted by molar-refractivity contribution is 6.25. The summed E-state index contributed by atoms with van der Waals surface area (Å²) in [6.07, 6.45) is 0. The fourth-order valence-corrected chi connectivity index (χ4v) is 6.34. The first-order valence-corrected chi connectivity index (χ1v) is 13.2. The molecule has 0 bridgehead atoms. The molecule has 176 valence electrons. The molecule has 0 unspecified atom stereocenters. The second-order valence-electron chi connectivity index (χ2n) is 10.1. The van der Waals surface area contributed by atoms with Gasteiger partial charge in [-0.1, -0.05) is 133 Å². The van der Waals surface area contributed by atoms with Gasteiger partial charge in [0.15, 0.2) is 0 Å². The molecule has 0 N–H and O–H groups in total. The van der Waals surface area contributed by atoms with Gasteiger partial charge in [0.2, 0.25) is 0 Å². The summed E-state index contributed by atoms with van der Waals surface area (Å²) < 4.78 is 0. The second-order valence-corrected chi connectivity index (χ2v) is 10.1. The van der Waals surface area contributed by atoms with E-state index in [0.29, 0.717) is 0 Å². The van der Waals surface area contributed by atoms with Gasteiger partial charge in [-0.25, -0.2) is 0 Å². The molecular weight excluding hydrogens is 456 g/mol. The molecule has 0 fully saturated rings. The van der Waals surface area contributed by atoms with Crippen LogP contribution in [0.25, 0.3) is 76.1 Å². The van der Waals surface area contributed by atoms with Crippen molar-refractivity contribution in [3.63, 3.8) is 0 Å². The Hall–Kier alpha value is -4.94. The number of benzene rings is 8. The molecule has 0 spiro atoms. The summed E-state index contributed by atoms with van der Waals surface area (Å²) in [4.78, 5) is 0. The van der Waals surface area contributed by atoms with Crippen LogP contribution in [0.5, 0.6) is 0 Å². The lowest BCUT2D eigenvalue weighted by Gasteiger charge is -2.19. The Morgan fingerprint density at radius 3 is 1.39 bits per heavy atom. The van der Waals surface area contributed by atoms with Crippen LogP contribution in [-0.4, -0.2) is 0 Å². The molecule has 0 aliphatic rings. The fourth-order valence-electron chi connectivity index (χ4n) is 6.34. The summed E-state index contributed by atoms with van der Waals surface area (Å²) in [6.45, 7) is 0. The molecule has 0 heterocycles. The van der Waals surface area contributed by atoms with Gasteiger partial charge in [0.1, 0.15) is 0 Å². The first-order chi connectivity index (χ1) is 18.9. The van der Waals surface area contributed by atoms with Crippen LogP contribution in [0, 0.1) is 0 Å². The van der Waals surface area contributed by atoms with E-state index in [0.717, 1.165) is 0 Å². The zero-order chi connectivity index (χ0) is 25.1. The smallest absolute Gasteiger partial charge is 0.00199 e. The minimum atomic E-state index is 1.26. The standard InChI is InChI=1S/C38H24/c1-2-12-26-23-28(22-21-25(26)11-1)37-32-17-7-9-19-34(32)38(35-20-10-8-18-33(35)37)36-24-27-13-3-4-14-29(27)30-15-5-6-16-31(30)36/h1-24H. The molecule has 0 aromatic heterocycles. The van der Waals surface area contributed by atoms with Crippen LogP contribution in [0.3, 0.4) is 0 Å². The maximum absolute atomic E-state index is 2.39.